The summed E-state index contributed by atoms with van der Waals surface area (Å²) in [5, 5.41) is 19.1. The molecule has 1 fully saturated rings. The Labute approximate surface area is 100 Å². The summed E-state index contributed by atoms with van der Waals surface area (Å²) in [5.41, 5.74) is 1.03. The number of aliphatic hydroxyl groups is 2. The summed E-state index contributed by atoms with van der Waals surface area (Å²) in [6.45, 7) is 1.07. The minimum absolute atomic E-state index is 0.376. The number of carbonyl (C=O) groups excluding carboxylic acids is 1. The van der Waals surface area contributed by atoms with E-state index in [0.29, 0.717) is 19.5 Å². The highest BCUT2D eigenvalue weighted by molar-refractivity contribution is 5.81. The number of hydrogen-bond donors (Lipinski definition) is 2. The van der Waals surface area contributed by atoms with Gasteiger partial charge in [-0.3, -0.25) is 4.79 Å². The topological polar surface area (TPSA) is 60.8 Å². The number of amides is 1. The molecule has 0 aromatic heterocycles. The van der Waals surface area contributed by atoms with E-state index < -0.39 is 12.2 Å². The summed E-state index contributed by atoms with van der Waals surface area (Å²) in [6, 6.07) is 9.65. The van der Waals surface area contributed by atoms with Crippen LogP contribution < -0.4 is 0 Å². The molecule has 1 aliphatic rings. The Morgan fingerprint density at radius 1 is 1.24 bits per heavy atom. The second-order valence-corrected chi connectivity index (χ2v) is 4.40. The molecule has 2 rings (SSSR count). The molecule has 0 bridgehead atoms. The van der Waals surface area contributed by atoms with Gasteiger partial charge in [-0.05, 0) is 18.4 Å². The SMILES string of the molecule is O=C1[C@H](O)[C@H](O)CCCN1Cc1ccccc1. The van der Waals surface area contributed by atoms with E-state index in [1.54, 1.807) is 4.90 Å². The third kappa shape index (κ3) is 2.84. The zero-order chi connectivity index (χ0) is 12.3. The average Bonchev–Trinajstić information content (AvgIpc) is 2.46. The van der Waals surface area contributed by atoms with Gasteiger partial charge >= 0.3 is 0 Å². The highest BCUT2D eigenvalue weighted by Crippen LogP contribution is 2.15. The predicted octanol–water partition coefficient (Wildman–Crippen LogP) is 0.531. The van der Waals surface area contributed by atoms with E-state index >= 15 is 0 Å². The molecule has 0 radical (unpaired) electrons. The van der Waals surface area contributed by atoms with Crippen LogP contribution in [0.25, 0.3) is 0 Å². The Balaban J connectivity index is 2.07. The lowest BCUT2D eigenvalue weighted by Gasteiger charge is -2.23. The quantitative estimate of drug-likeness (QED) is 0.786. The van der Waals surface area contributed by atoms with Crippen molar-refractivity contribution in [3.05, 3.63) is 35.9 Å². The standard InChI is InChI=1S/C13H17NO3/c15-11-7-4-8-14(13(17)12(11)16)9-10-5-2-1-3-6-10/h1-3,5-6,11-12,15-16H,4,7-9H2/t11-,12-/m1/s1. The first kappa shape index (κ1) is 12.1. The second kappa shape index (κ2) is 5.29. The van der Waals surface area contributed by atoms with Gasteiger partial charge in [0, 0.05) is 13.1 Å². The van der Waals surface area contributed by atoms with Crippen LogP contribution in [0.3, 0.4) is 0 Å². The van der Waals surface area contributed by atoms with Crippen molar-refractivity contribution in [2.24, 2.45) is 0 Å². The fraction of sp³-hybridized carbons (Fsp3) is 0.462. The fourth-order valence-electron chi connectivity index (χ4n) is 2.07. The third-order valence-corrected chi connectivity index (χ3v) is 3.07. The first-order valence-corrected chi connectivity index (χ1v) is 5.87. The van der Waals surface area contributed by atoms with E-state index in [9.17, 15) is 15.0 Å². The number of carbonyl (C=O) groups is 1. The van der Waals surface area contributed by atoms with E-state index in [-0.39, 0.29) is 5.91 Å². The molecule has 0 saturated carbocycles. The van der Waals surface area contributed by atoms with Crippen LogP contribution in [-0.4, -0.2) is 39.8 Å². The highest BCUT2D eigenvalue weighted by Gasteiger charge is 2.31. The molecule has 4 heteroatoms. The minimum Gasteiger partial charge on any atom is -0.390 e. The van der Waals surface area contributed by atoms with Crippen LogP contribution in [0, 0.1) is 0 Å². The van der Waals surface area contributed by atoms with Gasteiger partial charge in [0.1, 0.15) is 0 Å². The van der Waals surface area contributed by atoms with Gasteiger partial charge < -0.3 is 15.1 Å². The van der Waals surface area contributed by atoms with E-state index in [1.165, 1.54) is 0 Å². The highest BCUT2D eigenvalue weighted by atomic mass is 16.3. The van der Waals surface area contributed by atoms with Crippen molar-refractivity contribution >= 4 is 5.91 Å². The molecule has 0 unspecified atom stereocenters. The van der Waals surface area contributed by atoms with Gasteiger partial charge in [-0.15, -0.1) is 0 Å². The van der Waals surface area contributed by atoms with Crippen molar-refractivity contribution in [2.45, 2.75) is 31.6 Å². The number of aliphatic hydroxyl groups excluding tert-OH is 2. The number of nitrogens with zero attached hydrogens (tertiary/aromatic N) is 1. The summed E-state index contributed by atoms with van der Waals surface area (Å²) in [6.07, 6.45) is -1.01. The largest absolute Gasteiger partial charge is 0.390 e. The molecule has 0 aliphatic carbocycles. The summed E-state index contributed by atoms with van der Waals surface area (Å²) >= 11 is 0. The Bertz CT molecular complexity index is 380. The zero-order valence-corrected chi connectivity index (χ0v) is 9.62. The normalized spacial score (nSPS) is 25.8. The Hall–Kier alpha value is -1.39. The van der Waals surface area contributed by atoms with E-state index in [0.717, 1.165) is 12.0 Å². The van der Waals surface area contributed by atoms with Gasteiger partial charge in [0.25, 0.3) is 5.91 Å². The van der Waals surface area contributed by atoms with Crippen LogP contribution in [0.5, 0.6) is 0 Å². The van der Waals surface area contributed by atoms with Crippen LogP contribution in [0.4, 0.5) is 0 Å². The third-order valence-electron chi connectivity index (χ3n) is 3.07. The Kier molecular flexibility index (Phi) is 3.76. The first-order chi connectivity index (χ1) is 8.18. The van der Waals surface area contributed by atoms with Crippen molar-refractivity contribution in [2.75, 3.05) is 6.54 Å². The van der Waals surface area contributed by atoms with Crippen molar-refractivity contribution in [3.63, 3.8) is 0 Å². The van der Waals surface area contributed by atoms with E-state index in [1.807, 2.05) is 30.3 Å². The molecule has 1 aromatic carbocycles. The summed E-state index contributed by atoms with van der Waals surface area (Å²) in [4.78, 5) is 13.5. The number of rotatable bonds is 2. The molecule has 1 aliphatic heterocycles. The summed E-state index contributed by atoms with van der Waals surface area (Å²) < 4.78 is 0. The molecule has 1 aromatic rings. The lowest BCUT2D eigenvalue weighted by molar-refractivity contribution is -0.144. The predicted molar refractivity (Wildman–Crippen MR) is 63.1 cm³/mol. The van der Waals surface area contributed by atoms with Gasteiger partial charge in [0.2, 0.25) is 0 Å². The van der Waals surface area contributed by atoms with Crippen molar-refractivity contribution < 1.29 is 15.0 Å². The van der Waals surface area contributed by atoms with E-state index in [4.69, 9.17) is 0 Å². The molecule has 0 spiro atoms. The van der Waals surface area contributed by atoms with Crippen LogP contribution in [0.1, 0.15) is 18.4 Å². The van der Waals surface area contributed by atoms with Crippen molar-refractivity contribution in [3.8, 4) is 0 Å². The maximum absolute atomic E-state index is 11.9. The second-order valence-electron chi connectivity index (χ2n) is 4.40. The summed E-state index contributed by atoms with van der Waals surface area (Å²) in [7, 11) is 0. The average molecular weight is 235 g/mol. The minimum atomic E-state index is -1.28. The van der Waals surface area contributed by atoms with Crippen molar-refractivity contribution in [1.29, 1.82) is 0 Å². The van der Waals surface area contributed by atoms with Gasteiger partial charge in [-0.25, -0.2) is 0 Å². The molecule has 17 heavy (non-hydrogen) atoms. The van der Waals surface area contributed by atoms with Crippen molar-refractivity contribution in [1.82, 2.24) is 4.90 Å². The lowest BCUT2D eigenvalue weighted by Crippen LogP contribution is -2.41. The molecule has 92 valence electrons. The first-order valence-electron chi connectivity index (χ1n) is 5.87. The smallest absolute Gasteiger partial charge is 0.254 e. The molecular formula is C13H17NO3. The van der Waals surface area contributed by atoms with E-state index in [2.05, 4.69) is 0 Å². The van der Waals surface area contributed by atoms with Crippen LogP contribution in [0.2, 0.25) is 0 Å². The lowest BCUT2D eigenvalue weighted by atomic mass is 10.1. The monoisotopic (exact) mass is 235 g/mol. The van der Waals surface area contributed by atoms with Gasteiger partial charge in [0.15, 0.2) is 6.10 Å². The van der Waals surface area contributed by atoms with Crippen LogP contribution in [0.15, 0.2) is 30.3 Å². The van der Waals surface area contributed by atoms with Gasteiger partial charge in [-0.1, -0.05) is 30.3 Å². The number of benzene rings is 1. The maximum atomic E-state index is 11.9. The molecule has 2 atom stereocenters. The number of likely N-dealkylation sites (tertiary alicyclic amines) is 1. The molecule has 2 N–H and O–H groups in total. The Morgan fingerprint density at radius 3 is 2.65 bits per heavy atom. The molecule has 1 amide bonds. The summed E-state index contributed by atoms with van der Waals surface area (Å²) in [5.74, 6) is -0.376. The molecular weight excluding hydrogens is 218 g/mol. The fourth-order valence-corrected chi connectivity index (χ4v) is 2.07. The molecule has 1 saturated heterocycles. The van der Waals surface area contributed by atoms with Crippen LogP contribution >= 0.6 is 0 Å². The van der Waals surface area contributed by atoms with Gasteiger partial charge in [0.05, 0.1) is 6.10 Å². The molecule has 1 heterocycles. The maximum Gasteiger partial charge on any atom is 0.254 e. The van der Waals surface area contributed by atoms with Crippen LogP contribution in [-0.2, 0) is 11.3 Å². The zero-order valence-electron chi connectivity index (χ0n) is 9.62. The van der Waals surface area contributed by atoms with Gasteiger partial charge in [-0.2, -0.15) is 0 Å². The molecule has 4 nitrogen and oxygen atoms in total. The number of hydrogen-bond acceptors (Lipinski definition) is 3. The Morgan fingerprint density at radius 2 is 1.94 bits per heavy atom.